The number of aromatic nitrogens is 2. The van der Waals surface area contributed by atoms with Gasteiger partial charge in [0, 0.05) is 17.6 Å². The highest BCUT2D eigenvalue weighted by molar-refractivity contribution is 5.71. The van der Waals surface area contributed by atoms with Crippen molar-refractivity contribution in [2.24, 2.45) is 5.92 Å². The van der Waals surface area contributed by atoms with Gasteiger partial charge in [0.25, 0.3) is 0 Å². The molecule has 2 saturated heterocycles. The Morgan fingerprint density at radius 1 is 1.32 bits per heavy atom. The molecular weight excluding hydrogens is 318 g/mol. The molecule has 2 aliphatic heterocycles. The first-order chi connectivity index (χ1) is 12.0. The molecule has 2 aliphatic rings. The van der Waals surface area contributed by atoms with Crippen molar-refractivity contribution in [1.29, 1.82) is 0 Å². The number of hydrogen-bond donors (Lipinski definition) is 1. The van der Waals surface area contributed by atoms with Gasteiger partial charge in [0.05, 0.1) is 12.5 Å². The molecule has 0 amide bonds. The van der Waals surface area contributed by atoms with Crippen molar-refractivity contribution in [1.82, 2.24) is 15.0 Å². The SMILES string of the molecule is CC(C)c1ccc(-c2noc(CN3[C@H]4CC[C@H]3[C@@H](C(=O)O)C4)n2)cc1. The van der Waals surface area contributed by atoms with Crippen LogP contribution in [0, 0.1) is 5.92 Å². The second-order valence-electron chi connectivity index (χ2n) is 7.44. The summed E-state index contributed by atoms with van der Waals surface area (Å²) in [5.41, 5.74) is 2.22. The van der Waals surface area contributed by atoms with Gasteiger partial charge in [-0.3, -0.25) is 9.69 Å². The van der Waals surface area contributed by atoms with E-state index < -0.39 is 5.97 Å². The van der Waals surface area contributed by atoms with Crippen molar-refractivity contribution in [3.63, 3.8) is 0 Å². The highest BCUT2D eigenvalue weighted by Gasteiger charge is 2.49. The van der Waals surface area contributed by atoms with E-state index in [4.69, 9.17) is 4.52 Å². The number of fused-ring (bicyclic) bond motifs is 2. The van der Waals surface area contributed by atoms with Gasteiger partial charge in [-0.2, -0.15) is 4.98 Å². The van der Waals surface area contributed by atoms with E-state index in [0.29, 0.717) is 30.2 Å². The zero-order valence-corrected chi connectivity index (χ0v) is 14.6. The molecule has 25 heavy (non-hydrogen) atoms. The molecule has 0 unspecified atom stereocenters. The maximum Gasteiger partial charge on any atom is 0.308 e. The third-order valence-corrected chi connectivity index (χ3v) is 5.62. The molecule has 0 spiro atoms. The topological polar surface area (TPSA) is 79.5 Å². The standard InChI is InChI=1S/C19H23N3O3/c1-11(2)12-3-5-13(6-4-12)18-20-17(25-21-18)10-22-14-7-8-16(22)15(9-14)19(23)24/h3-6,11,14-16H,7-10H2,1-2H3,(H,23,24)/t14-,15-,16-/m0/s1. The van der Waals surface area contributed by atoms with Crippen LogP contribution in [0.3, 0.4) is 0 Å². The first-order valence-electron chi connectivity index (χ1n) is 8.94. The van der Waals surface area contributed by atoms with E-state index in [9.17, 15) is 9.90 Å². The highest BCUT2D eigenvalue weighted by atomic mass is 16.5. The molecule has 2 fully saturated rings. The molecule has 6 nitrogen and oxygen atoms in total. The molecule has 0 aliphatic carbocycles. The van der Waals surface area contributed by atoms with Crippen molar-refractivity contribution in [2.45, 2.75) is 57.7 Å². The van der Waals surface area contributed by atoms with Crippen molar-refractivity contribution in [2.75, 3.05) is 0 Å². The summed E-state index contributed by atoms with van der Waals surface area (Å²) in [5.74, 6) is 0.693. The summed E-state index contributed by atoms with van der Waals surface area (Å²) in [6.07, 6.45) is 2.74. The summed E-state index contributed by atoms with van der Waals surface area (Å²) in [6, 6.07) is 8.64. The Bertz CT molecular complexity index is 768. The number of carbonyl (C=O) groups is 1. The van der Waals surface area contributed by atoms with E-state index in [1.54, 1.807) is 0 Å². The second-order valence-corrected chi connectivity index (χ2v) is 7.44. The van der Waals surface area contributed by atoms with Gasteiger partial charge in [0.15, 0.2) is 0 Å². The Morgan fingerprint density at radius 2 is 2.08 bits per heavy atom. The molecule has 0 radical (unpaired) electrons. The largest absolute Gasteiger partial charge is 0.481 e. The van der Waals surface area contributed by atoms with Crippen molar-refractivity contribution in [3.05, 3.63) is 35.7 Å². The summed E-state index contributed by atoms with van der Waals surface area (Å²) in [5, 5.41) is 13.5. The van der Waals surface area contributed by atoms with E-state index in [2.05, 4.69) is 41.0 Å². The molecule has 6 heteroatoms. The molecule has 4 rings (SSSR count). The first-order valence-corrected chi connectivity index (χ1v) is 8.94. The van der Waals surface area contributed by atoms with E-state index in [-0.39, 0.29) is 12.0 Å². The number of aliphatic carboxylic acids is 1. The van der Waals surface area contributed by atoms with Gasteiger partial charge >= 0.3 is 5.97 Å². The molecule has 132 valence electrons. The molecular formula is C19H23N3O3. The number of hydrogen-bond acceptors (Lipinski definition) is 5. The van der Waals surface area contributed by atoms with Crippen LogP contribution in [0.4, 0.5) is 0 Å². The first kappa shape index (κ1) is 16.3. The van der Waals surface area contributed by atoms with Crippen LogP contribution in [0.5, 0.6) is 0 Å². The Labute approximate surface area is 146 Å². The number of carboxylic acid groups (broad SMARTS) is 1. The van der Waals surface area contributed by atoms with Crippen molar-refractivity contribution in [3.8, 4) is 11.4 Å². The molecule has 2 bridgehead atoms. The molecule has 2 aromatic rings. The third kappa shape index (κ3) is 2.95. The Kier molecular flexibility index (Phi) is 4.07. The van der Waals surface area contributed by atoms with Crippen LogP contribution in [-0.2, 0) is 11.3 Å². The van der Waals surface area contributed by atoms with Crippen LogP contribution in [0.15, 0.2) is 28.8 Å². The molecule has 1 N–H and O–H groups in total. The van der Waals surface area contributed by atoms with Gasteiger partial charge in [-0.25, -0.2) is 0 Å². The normalized spacial score (nSPS) is 25.8. The van der Waals surface area contributed by atoms with Crippen LogP contribution >= 0.6 is 0 Å². The lowest BCUT2D eigenvalue weighted by atomic mass is 9.89. The zero-order chi connectivity index (χ0) is 17.6. The lowest BCUT2D eigenvalue weighted by Crippen LogP contribution is -2.32. The van der Waals surface area contributed by atoms with Crippen LogP contribution in [-0.4, -0.2) is 38.2 Å². The summed E-state index contributed by atoms with van der Waals surface area (Å²) in [4.78, 5) is 18.1. The second kappa shape index (κ2) is 6.26. The van der Waals surface area contributed by atoms with E-state index in [1.807, 2.05) is 12.1 Å². The molecule has 1 aromatic heterocycles. The molecule has 1 aromatic carbocycles. The smallest absolute Gasteiger partial charge is 0.308 e. The minimum Gasteiger partial charge on any atom is -0.481 e. The lowest BCUT2D eigenvalue weighted by molar-refractivity contribution is -0.142. The number of rotatable bonds is 5. The molecule has 3 heterocycles. The van der Waals surface area contributed by atoms with Crippen LogP contribution in [0.2, 0.25) is 0 Å². The predicted molar refractivity (Wildman–Crippen MR) is 91.9 cm³/mol. The summed E-state index contributed by atoms with van der Waals surface area (Å²) < 4.78 is 5.43. The fourth-order valence-corrected chi connectivity index (χ4v) is 4.22. The predicted octanol–water partition coefficient (Wildman–Crippen LogP) is 3.30. The van der Waals surface area contributed by atoms with Gasteiger partial charge in [-0.15, -0.1) is 0 Å². The maximum atomic E-state index is 11.4. The van der Waals surface area contributed by atoms with E-state index in [0.717, 1.165) is 24.8 Å². The zero-order valence-electron chi connectivity index (χ0n) is 14.6. The monoisotopic (exact) mass is 341 g/mol. The minimum atomic E-state index is -0.686. The van der Waals surface area contributed by atoms with Gasteiger partial charge in [0.1, 0.15) is 0 Å². The number of nitrogens with zero attached hydrogens (tertiary/aromatic N) is 3. The molecule has 0 saturated carbocycles. The Hall–Kier alpha value is -2.21. The summed E-state index contributed by atoms with van der Waals surface area (Å²) in [6.45, 7) is 4.86. The Balaban J connectivity index is 1.48. The average molecular weight is 341 g/mol. The average Bonchev–Trinajstić information content (AvgIpc) is 3.31. The van der Waals surface area contributed by atoms with Crippen LogP contribution in [0.25, 0.3) is 11.4 Å². The lowest BCUT2D eigenvalue weighted by Gasteiger charge is -2.20. The van der Waals surface area contributed by atoms with Gasteiger partial charge < -0.3 is 9.63 Å². The highest BCUT2D eigenvalue weighted by Crippen LogP contribution is 2.42. The fraction of sp³-hybridized carbons (Fsp3) is 0.526. The summed E-state index contributed by atoms with van der Waals surface area (Å²) in [7, 11) is 0. The number of carboxylic acids is 1. The van der Waals surface area contributed by atoms with Gasteiger partial charge in [-0.1, -0.05) is 43.3 Å². The third-order valence-electron chi connectivity index (χ3n) is 5.62. The van der Waals surface area contributed by atoms with Crippen molar-refractivity contribution >= 4 is 5.97 Å². The fourth-order valence-electron chi connectivity index (χ4n) is 4.22. The quantitative estimate of drug-likeness (QED) is 0.899. The minimum absolute atomic E-state index is 0.100. The number of benzene rings is 1. The molecule has 3 atom stereocenters. The summed E-state index contributed by atoms with van der Waals surface area (Å²) >= 11 is 0. The van der Waals surface area contributed by atoms with Gasteiger partial charge in [-0.05, 0) is 30.7 Å². The van der Waals surface area contributed by atoms with E-state index in [1.165, 1.54) is 5.56 Å². The maximum absolute atomic E-state index is 11.4. The van der Waals surface area contributed by atoms with Crippen LogP contribution < -0.4 is 0 Å². The van der Waals surface area contributed by atoms with Crippen LogP contribution in [0.1, 0.15) is 50.5 Å². The Morgan fingerprint density at radius 3 is 2.72 bits per heavy atom. The van der Waals surface area contributed by atoms with Crippen molar-refractivity contribution < 1.29 is 14.4 Å². The van der Waals surface area contributed by atoms with E-state index >= 15 is 0 Å². The van der Waals surface area contributed by atoms with Gasteiger partial charge in [0.2, 0.25) is 11.7 Å².